The minimum atomic E-state index is 0.697. The molecule has 0 N–H and O–H groups in total. The predicted molar refractivity (Wildman–Crippen MR) is 59.1 cm³/mol. The molecule has 2 rings (SSSR count). The van der Waals surface area contributed by atoms with Gasteiger partial charge in [-0.3, -0.25) is 4.98 Å². The highest BCUT2D eigenvalue weighted by Crippen LogP contribution is 2.25. The van der Waals surface area contributed by atoms with Crippen LogP contribution in [0.2, 0.25) is 0 Å². The number of rotatable bonds is 1. The number of hydrogen-bond donors (Lipinski definition) is 0. The molecule has 15 heavy (non-hydrogen) atoms. The minimum absolute atomic E-state index is 0.697. The number of pyridine rings is 1. The molecule has 2 nitrogen and oxygen atoms in total. The van der Waals surface area contributed by atoms with Crippen LogP contribution in [0.3, 0.4) is 0 Å². The van der Waals surface area contributed by atoms with Crippen molar-refractivity contribution in [3.05, 3.63) is 53.9 Å². The van der Waals surface area contributed by atoms with Crippen LogP contribution in [0.15, 0.2) is 42.7 Å². The lowest BCUT2D eigenvalue weighted by Gasteiger charge is -2.06. The Balaban J connectivity index is 2.68. The van der Waals surface area contributed by atoms with Crippen molar-refractivity contribution in [1.82, 2.24) is 4.98 Å². The molecular weight excluding hydrogens is 184 g/mol. The summed E-state index contributed by atoms with van der Waals surface area (Å²) in [6.07, 6.45) is 3.51. The quantitative estimate of drug-likeness (QED) is 0.699. The van der Waals surface area contributed by atoms with E-state index >= 15 is 0 Å². The van der Waals surface area contributed by atoms with Gasteiger partial charge in [0.1, 0.15) is 0 Å². The van der Waals surface area contributed by atoms with Gasteiger partial charge in [0.2, 0.25) is 0 Å². The van der Waals surface area contributed by atoms with Gasteiger partial charge in [-0.1, -0.05) is 18.2 Å². The first kappa shape index (κ1) is 9.42. The lowest BCUT2D eigenvalue weighted by Crippen LogP contribution is -1.88. The normalized spacial score (nSPS) is 9.60. The highest BCUT2D eigenvalue weighted by Gasteiger charge is 2.06. The zero-order valence-electron chi connectivity index (χ0n) is 8.44. The molecule has 72 valence electrons. The second-order valence-corrected chi connectivity index (χ2v) is 3.35. The first-order valence-corrected chi connectivity index (χ1v) is 4.73. The van der Waals surface area contributed by atoms with Gasteiger partial charge in [-0.15, -0.1) is 0 Å². The maximum atomic E-state index is 9.03. The van der Waals surface area contributed by atoms with Crippen molar-refractivity contribution in [1.29, 1.82) is 5.26 Å². The van der Waals surface area contributed by atoms with Crippen LogP contribution in [0.5, 0.6) is 0 Å². The number of aryl methyl sites for hydroxylation is 1. The third kappa shape index (κ3) is 1.72. The Hall–Kier alpha value is -2.14. The maximum absolute atomic E-state index is 9.03. The molecule has 0 aliphatic heterocycles. The Morgan fingerprint density at radius 1 is 1.20 bits per heavy atom. The van der Waals surface area contributed by atoms with Gasteiger partial charge >= 0.3 is 0 Å². The van der Waals surface area contributed by atoms with Gasteiger partial charge in [-0.2, -0.15) is 5.26 Å². The van der Waals surface area contributed by atoms with Gasteiger partial charge in [0.25, 0.3) is 0 Å². The van der Waals surface area contributed by atoms with Gasteiger partial charge in [0, 0.05) is 23.5 Å². The average molecular weight is 194 g/mol. The van der Waals surface area contributed by atoms with Gasteiger partial charge in [0.05, 0.1) is 11.6 Å². The van der Waals surface area contributed by atoms with E-state index in [0.29, 0.717) is 5.56 Å². The summed E-state index contributed by atoms with van der Waals surface area (Å²) in [5, 5.41) is 9.03. The van der Waals surface area contributed by atoms with Gasteiger partial charge in [-0.05, 0) is 24.6 Å². The molecule has 0 atom stereocenters. The van der Waals surface area contributed by atoms with Crippen LogP contribution >= 0.6 is 0 Å². The van der Waals surface area contributed by atoms with Gasteiger partial charge in [-0.25, -0.2) is 0 Å². The molecule has 0 aliphatic carbocycles. The number of nitriles is 1. The lowest BCUT2D eigenvalue weighted by atomic mass is 9.97. The summed E-state index contributed by atoms with van der Waals surface area (Å²) in [6.45, 7) is 2.00. The van der Waals surface area contributed by atoms with Crippen molar-refractivity contribution < 1.29 is 0 Å². The monoisotopic (exact) mass is 194 g/mol. The molecule has 2 heteroatoms. The second kappa shape index (κ2) is 3.93. The van der Waals surface area contributed by atoms with Crippen LogP contribution in [0.4, 0.5) is 0 Å². The summed E-state index contributed by atoms with van der Waals surface area (Å²) in [5.41, 5.74) is 3.77. The molecule has 0 saturated carbocycles. The third-order valence-corrected chi connectivity index (χ3v) is 2.34. The van der Waals surface area contributed by atoms with Crippen molar-refractivity contribution >= 4 is 0 Å². The first-order chi connectivity index (χ1) is 7.33. The van der Waals surface area contributed by atoms with Crippen molar-refractivity contribution in [2.45, 2.75) is 6.92 Å². The second-order valence-electron chi connectivity index (χ2n) is 3.35. The van der Waals surface area contributed by atoms with Crippen LogP contribution in [-0.4, -0.2) is 4.98 Å². The third-order valence-electron chi connectivity index (χ3n) is 2.34. The van der Waals surface area contributed by atoms with E-state index in [4.69, 9.17) is 5.26 Å². The molecule has 1 aromatic carbocycles. The molecule has 0 saturated heterocycles. The fourth-order valence-electron chi connectivity index (χ4n) is 1.65. The average Bonchev–Trinajstić information content (AvgIpc) is 2.29. The Morgan fingerprint density at radius 3 is 2.73 bits per heavy atom. The van der Waals surface area contributed by atoms with Crippen molar-refractivity contribution in [2.24, 2.45) is 0 Å². The molecule has 0 fully saturated rings. The summed E-state index contributed by atoms with van der Waals surface area (Å²) in [4.78, 5) is 4.07. The highest BCUT2D eigenvalue weighted by atomic mass is 14.6. The molecule has 0 unspecified atom stereocenters. The fourth-order valence-corrected chi connectivity index (χ4v) is 1.65. The molecule has 2 aromatic rings. The van der Waals surface area contributed by atoms with Crippen LogP contribution in [0.1, 0.15) is 11.1 Å². The first-order valence-electron chi connectivity index (χ1n) is 4.73. The fraction of sp³-hybridized carbons (Fsp3) is 0.0769. The van der Waals surface area contributed by atoms with Crippen LogP contribution < -0.4 is 0 Å². The van der Waals surface area contributed by atoms with Crippen molar-refractivity contribution in [3.63, 3.8) is 0 Å². The molecule has 0 spiro atoms. The Morgan fingerprint density at radius 2 is 2.07 bits per heavy atom. The van der Waals surface area contributed by atoms with E-state index in [1.165, 1.54) is 0 Å². The van der Waals surface area contributed by atoms with Crippen LogP contribution in [0.25, 0.3) is 11.1 Å². The van der Waals surface area contributed by atoms with E-state index < -0.39 is 0 Å². The van der Waals surface area contributed by atoms with Crippen molar-refractivity contribution in [2.75, 3.05) is 0 Å². The predicted octanol–water partition coefficient (Wildman–Crippen LogP) is 2.93. The van der Waals surface area contributed by atoms with E-state index in [-0.39, 0.29) is 0 Å². The summed E-state index contributed by atoms with van der Waals surface area (Å²) in [6, 6.07) is 11.8. The standard InChI is InChI=1S/C13H10N2/c1-10-4-2-5-11(8-14)13(10)12-6-3-7-15-9-12/h2-7,9H,1H3. The number of nitrogens with zero attached hydrogens (tertiary/aromatic N) is 2. The number of aromatic nitrogens is 1. The smallest absolute Gasteiger partial charge is 0.0998 e. The zero-order chi connectivity index (χ0) is 10.7. The maximum Gasteiger partial charge on any atom is 0.0998 e. The highest BCUT2D eigenvalue weighted by molar-refractivity contribution is 5.72. The summed E-state index contributed by atoms with van der Waals surface area (Å²) in [7, 11) is 0. The van der Waals surface area contributed by atoms with Gasteiger partial charge < -0.3 is 0 Å². The largest absolute Gasteiger partial charge is 0.264 e. The van der Waals surface area contributed by atoms with Gasteiger partial charge in [0.15, 0.2) is 0 Å². The summed E-state index contributed by atoms with van der Waals surface area (Å²) < 4.78 is 0. The number of hydrogen-bond acceptors (Lipinski definition) is 2. The molecule has 0 aliphatic rings. The zero-order valence-corrected chi connectivity index (χ0v) is 8.44. The van der Waals surface area contributed by atoms with Crippen LogP contribution in [-0.2, 0) is 0 Å². The Kier molecular flexibility index (Phi) is 2.47. The minimum Gasteiger partial charge on any atom is -0.264 e. The Bertz CT molecular complexity index is 510. The number of benzene rings is 1. The van der Waals surface area contributed by atoms with E-state index in [1.807, 2.05) is 37.3 Å². The molecule has 1 heterocycles. The SMILES string of the molecule is Cc1cccc(C#N)c1-c1cccnc1. The van der Waals surface area contributed by atoms with Crippen LogP contribution in [0, 0.1) is 18.3 Å². The van der Waals surface area contributed by atoms with E-state index in [9.17, 15) is 0 Å². The molecule has 0 radical (unpaired) electrons. The van der Waals surface area contributed by atoms with E-state index in [1.54, 1.807) is 12.4 Å². The van der Waals surface area contributed by atoms with Crippen molar-refractivity contribution in [3.8, 4) is 17.2 Å². The molecular formula is C13H10N2. The van der Waals surface area contributed by atoms with E-state index in [0.717, 1.165) is 16.7 Å². The summed E-state index contributed by atoms with van der Waals surface area (Å²) in [5.74, 6) is 0. The van der Waals surface area contributed by atoms with E-state index in [2.05, 4.69) is 11.1 Å². The topological polar surface area (TPSA) is 36.7 Å². The molecule has 1 aromatic heterocycles. The Labute approximate surface area is 88.8 Å². The lowest BCUT2D eigenvalue weighted by molar-refractivity contribution is 1.31. The molecule has 0 amide bonds. The summed E-state index contributed by atoms with van der Waals surface area (Å²) >= 11 is 0. The molecule has 0 bridgehead atoms.